The van der Waals surface area contributed by atoms with Crippen LogP contribution in [0.1, 0.15) is 0 Å². The van der Waals surface area contributed by atoms with Crippen LogP contribution in [0.5, 0.6) is 0 Å². The van der Waals surface area contributed by atoms with Crippen molar-refractivity contribution in [3.63, 3.8) is 0 Å². The maximum Gasteiger partial charge on any atom is 0.204 e. The summed E-state index contributed by atoms with van der Waals surface area (Å²) in [7, 11) is -2.19. The molecule has 2 N–H and O–H groups in total. The number of nitrogen functional groups attached to an aromatic ring is 1. The van der Waals surface area contributed by atoms with Crippen molar-refractivity contribution in [2.45, 2.75) is 4.90 Å². The number of anilines is 1. The molecule has 0 saturated carbocycles. The molecule has 0 saturated heterocycles. The lowest BCUT2D eigenvalue weighted by molar-refractivity contribution is 0.250. The minimum Gasteiger partial charge on any atom is -0.398 e. The van der Waals surface area contributed by atoms with Crippen LogP contribution < -0.4 is 5.73 Å². The zero-order valence-electron chi connectivity index (χ0n) is 7.53. The van der Waals surface area contributed by atoms with Crippen LogP contribution in [-0.4, -0.2) is 21.5 Å². The van der Waals surface area contributed by atoms with Crippen molar-refractivity contribution in [2.24, 2.45) is 0 Å². The molecule has 6 heteroatoms. The molecule has 0 aliphatic rings. The third-order valence-corrected chi connectivity index (χ3v) is 3.39. The topological polar surface area (TPSA) is 69.4 Å². The second-order valence-corrected chi connectivity index (χ2v) is 5.04. The molecule has 0 aliphatic heterocycles. The Balaban J connectivity index is 3.25. The van der Waals surface area contributed by atoms with Gasteiger partial charge in [0.25, 0.3) is 0 Å². The predicted molar refractivity (Wildman–Crippen MR) is 54.9 cm³/mol. The van der Waals surface area contributed by atoms with Crippen LogP contribution in [0.3, 0.4) is 0 Å². The van der Waals surface area contributed by atoms with Crippen molar-refractivity contribution >= 4 is 27.1 Å². The fourth-order valence-corrected chi connectivity index (χ4v) is 2.40. The number of hydrogen-bond donors (Lipinski definition) is 1. The minimum absolute atomic E-state index is 0.00634. The number of nitrogens with two attached hydrogens (primary N) is 1. The van der Waals surface area contributed by atoms with Crippen molar-refractivity contribution in [1.82, 2.24) is 0 Å². The zero-order valence-corrected chi connectivity index (χ0v) is 9.10. The van der Waals surface area contributed by atoms with E-state index in [2.05, 4.69) is 4.74 Å². The number of methoxy groups -OCH3 is 1. The Hall–Kier alpha value is -0.780. The summed E-state index contributed by atoms with van der Waals surface area (Å²) in [5.41, 5.74) is 5.69. The van der Waals surface area contributed by atoms with E-state index in [1.807, 2.05) is 0 Å². The van der Waals surface area contributed by atoms with Gasteiger partial charge in [0.15, 0.2) is 5.94 Å². The Labute approximate surface area is 87.5 Å². The van der Waals surface area contributed by atoms with Crippen LogP contribution in [0, 0.1) is 0 Å². The van der Waals surface area contributed by atoms with E-state index in [1.165, 1.54) is 25.3 Å². The summed E-state index contributed by atoms with van der Waals surface area (Å²) in [6.07, 6.45) is 0. The van der Waals surface area contributed by atoms with Gasteiger partial charge in [0.1, 0.15) is 0 Å². The summed E-state index contributed by atoms with van der Waals surface area (Å²) in [4.78, 5) is 0.00634. The molecule has 0 aliphatic carbocycles. The van der Waals surface area contributed by atoms with E-state index in [4.69, 9.17) is 17.3 Å². The van der Waals surface area contributed by atoms with Gasteiger partial charge in [-0.1, -0.05) is 11.6 Å². The van der Waals surface area contributed by atoms with E-state index >= 15 is 0 Å². The molecule has 14 heavy (non-hydrogen) atoms. The van der Waals surface area contributed by atoms with Crippen LogP contribution in [0.15, 0.2) is 23.1 Å². The van der Waals surface area contributed by atoms with E-state index in [0.29, 0.717) is 5.02 Å². The molecule has 0 heterocycles. The molecule has 1 aromatic rings. The van der Waals surface area contributed by atoms with Gasteiger partial charge in [-0.15, -0.1) is 0 Å². The fourth-order valence-electron chi connectivity index (χ4n) is 0.996. The van der Waals surface area contributed by atoms with Crippen LogP contribution in [0.25, 0.3) is 0 Å². The maximum absolute atomic E-state index is 11.5. The molecule has 78 valence electrons. The first-order valence-corrected chi connectivity index (χ1v) is 5.77. The van der Waals surface area contributed by atoms with Gasteiger partial charge in [0.2, 0.25) is 9.84 Å². The van der Waals surface area contributed by atoms with Crippen LogP contribution >= 0.6 is 11.6 Å². The quantitative estimate of drug-likeness (QED) is 0.802. The first-order valence-electron chi connectivity index (χ1n) is 3.74. The SMILES string of the molecule is COCS(=O)(=O)c1cc(Cl)ccc1N. The number of ether oxygens (including phenoxy) is 1. The van der Waals surface area contributed by atoms with Crippen molar-refractivity contribution in [2.75, 3.05) is 18.8 Å². The molecular formula is C8H10ClNO3S. The van der Waals surface area contributed by atoms with Gasteiger partial charge >= 0.3 is 0 Å². The molecule has 0 unspecified atom stereocenters. The molecule has 0 aromatic heterocycles. The number of hydrogen-bond acceptors (Lipinski definition) is 4. The summed E-state index contributed by atoms with van der Waals surface area (Å²) >= 11 is 5.66. The van der Waals surface area contributed by atoms with E-state index < -0.39 is 15.8 Å². The van der Waals surface area contributed by atoms with Crippen molar-refractivity contribution in [3.05, 3.63) is 23.2 Å². The standard InChI is InChI=1S/C8H10ClNO3S/c1-13-5-14(11,12)8-4-6(9)2-3-7(8)10/h2-4H,5,10H2,1H3. The Morgan fingerprint density at radius 2 is 2.14 bits per heavy atom. The van der Waals surface area contributed by atoms with Crippen molar-refractivity contribution < 1.29 is 13.2 Å². The molecule has 1 rings (SSSR count). The average Bonchev–Trinajstić information content (AvgIpc) is 2.09. The summed E-state index contributed by atoms with van der Waals surface area (Å²) in [5, 5.41) is 0.328. The van der Waals surface area contributed by atoms with Crippen LogP contribution in [0.4, 0.5) is 5.69 Å². The van der Waals surface area contributed by atoms with Crippen LogP contribution in [0.2, 0.25) is 5.02 Å². The highest BCUT2D eigenvalue weighted by Gasteiger charge is 2.17. The third-order valence-electron chi connectivity index (χ3n) is 1.58. The van der Waals surface area contributed by atoms with E-state index in [0.717, 1.165) is 0 Å². The predicted octanol–water partition coefficient (Wildman–Crippen LogP) is 1.30. The second-order valence-electron chi connectivity index (χ2n) is 2.70. The second kappa shape index (κ2) is 4.16. The minimum atomic E-state index is -3.50. The summed E-state index contributed by atoms with van der Waals surface area (Å²) in [6, 6.07) is 4.29. The first kappa shape index (κ1) is 11.3. The lowest BCUT2D eigenvalue weighted by atomic mass is 10.3. The highest BCUT2D eigenvalue weighted by molar-refractivity contribution is 7.91. The number of halogens is 1. The maximum atomic E-state index is 11.5. The van der Waals surface area contributed by atoms with Gasteiger partial charge in [-0.05, 0) is 18.2 Å². The van der Waals surface area contributed by atoms with E-state index in [1.54, 1.807) is 0 Å². The van der Waals surface area contributed by atoms with Gasteiger partial charge in [-0.3, -0.25) is 0 Å². The van der Waals surface area contributed by atoms with Gasteiger partial charge in [-0.2, -0.15) is 0 Å². The van der Waals surface area contributed by atoms with Crippen molar-refractivity contribution in [3.8, 4) is 0 Å². The van der Waals surface area contributed by atoms with Gasteiger partial charge in [0, 0.05) is 12.1 Å². The molecule has 1 aromatic carbocycles. The summed E-state index contributed by atoms with van der Waals surface area (Å²) in [5.74, 6) is -0.405. The van der Waals surface area contributed by atoms with Crippen LogP contribution in [-0.2, 0) is 14.6 Å². The highest BCUT2D eigenvalue weighted by atomic mass is 35.5. The number of benzene rings is 1. The molecule has 0 fully saturated rings. The Bertz CT molecular complexity index is 430. The highest BCUT2D eigenvalue weighted by Crippen LogP contribution is 2.23. The normalized spacial score (nSPS) is 11.6. The first-order chi connectivity index (χ1) is 6.47. The van der Waals surface area contributed by atoms with Gasteiger partial charge in [0.05, 0.1) is 10.6 Å². The smallest absolute Gasteiger partial charge is 0.204 e. The number of rotatable bonds is 3. The van der Waals surface area contributed by atoms with E-state index in [-0.39, 0.29) is 10.6 Å². The largest absolute Gasteiger partial charge is 0.398 e. The lowest BCUT2D eigenvalue weighted by Crippen LogP contribution is -2.10. The third kappa shape index (κ3) is 2.37. The van der Waals surface area contributed by atoms with E-state index in [9.17, 15) is 8.42 Å². The zero-order chi connectivity index (χ0) is 10.8. The molecule has 0 amide bonds. The molecule has 4 nitrogen and oxygen atoms in total. The van der Waals surface area contributed by atoms with Crippen molar-refractivity contribution in [1.29, 1.82) is 0 Å². The molecular weight excluding hydrogens is 226 g/mol. The summed E-state index contributed by atoms with van der Waals surface area (Å²) < 4.78 is 27.7. The molecule has 0 radical (unpaired) electrons. The van der Waals surface area contributed by atoms with Gasteiger partial charge < -0.3 is 10.5 Å². The van der Waals surface area contributed by atoms with Gasteiger partial charge in [-0.25, -0.2) is 8.42 Å². The Morgan fingerprint density at radius 1 is 1.50 bits per heavy atom. The molecule has 0 bridgehead atoms. The molecule has 0 atom stereocenters. The summed E-state index contributed by atoms with van der Waals surface area (Å²) in [6.45, 7) is 0. The Kier molecular flexibility index (Phi) is 3.36. The average molecular weight is 236 g/mol. The Morgan fingerprint density at radius 3 is 2.71 bits per heavy atom. The fraction of sp³-hybridized carbons (Fsp3) is 0.250. The monoisotopic (exact) mass is 235 g/mol. The molecule has 0 spiro atoms. The number of sulfone groups is 1. The lowest BCUT2D eigenvalue weighted by Gasteiger charge is -2.06.